The van der Waals surface area contributed by atoms with E-state index in [1.807, 2.05) is 0 Å². The van der Waals surface area contributed by atoms with Crippen molar-refractivity contribution in [3.8, 4) is 0 Å². The highest BCUT2D eigenvalue weighted by molar-refractivity contribution is 5.85. The molecule has 0 radical (unpaired) electrons. The fourth-order valence-corrected chi connectivity index (χ4v) is 3.38. The molecule has 0 aromatic heterocycles. The highest BCUT2D eigenvalue weighted by atomic mass is 35.5. The van der Waals surface area contributed by atoms with Crippen molar-refractivity contribution in [2.24, 2.45) is 0 Å². The van der Waals surface area contributed by atoms with Gasteiger partial charge in [-0.05, 0) is 51.7 Å². The van der Waals surface area contributed by atoms with E-state index in [4.69, 9.17) is 0 Å². The molecule has 0 aromatic rings. The van der Waals surface area contributed by atoms with E-state index in [9.17, 15) is 4.79 Å². The number of hydrogen-bond acceptors (Lipinski definition) is 3. The van der Waals surface area contributed by atoms with Crippen LogP contribution in [0, 0.1) is 0 Å². The van der Waals surface area contributed by atoms with Gasteiger partial charge in [0.25, 0.3) is 0 Å². The number of nitrogens with zero attached hydrogens (tertiary/aromatic N) is 1. The average molecular weight is 304 g/mol. The standard InChI is InChI=1S/C15H29N3O.ClH/c1-2-11-18(14-7-9-16-10-8-14)12-15(19)17-13-5-3-4-6-13;/h13-14,16H,2-12H2,1H3,(H,17,19);1H. The van der Waals surface area contributed by atoms with Crippen LogP contribution >= 0.6 is 12.4 Å². The summed E-state index contributed by atoms with van der Waals surface area (Å²) in [6.45, 7) is 6.02. The predicted octanol–water partition coefficient (Wildman–Crippen LogP) is 1.93. The van der Waals surface area contributed by atoms with Crippen molar-refractivity contribution in [2.45, 2.75) is 64.0 Å². The monoisotopic (exact) mass is 303 g/mol. The van der Waals surface area contributed by atoms with E-state index in [2.05, 4.69) is 22.5 Å². The van der Waals surface area contributed by atoms with Crippen LogP contribution in [-0.2, 0) is 4.79 Å². The molecule has 0 spiro atoms. The van der Waals surface area contributed by atoms with Gasteiger partial charge in [-0.1, -0.05) is 19.8 Å². The lowest BCUT2D eigenvalue weighted by atomic mass is 10.0. The molecule has 0 unspecified atom stereocenters. The van der Waals surface area contributed by atoms with Crippen molar-refractivity contribution in [1.29, 1.82) is 0 Å². The Morgan fingerprint density at radius 1 is 1.20 bits per heavy atom. The van der Waals surface area contributed by atoms with Crippen LogP contribution in [0.4, 0.5) is 0 Å². The van der Waals surface area contributed by atoms with E-state index < -0.39 is 0 Å². The van der Waals surface area contributed by atoms with Crippen LogP contribution in [0.1, 0.15) is 51.9 Å². The van der Waals surface area contributed by atoms with E-state index in [0.717, 1.165) is 26.1 Å². The van der Waals surface area contributed by atoms with Gasteiger partial charge in [-0.15, -0.1) is 12.4 Å². The summed E-state index contributed by atoms with van der Waals surface area (Å²) in [4.78, 5) is 14.6. The molecule has 2 N–H and O–H groups in total. The van der Waals surface area contributed by atoms with Gasteiger partial charge in [-0.25, -0.2) is 0 Å². The van der Waals surface area contributed by atoms with Gasteiger partial charge in [0.15, 0.2) is 0 Å². The highest BCUT2D eigenvalue weighted by Gasteiger charge is 2.24. The Hall–Kier alpha value is -0.320. The Labute approximate surface area is 129 Å². The first-order valence-corrected chi connectivity index (χ1v) is 8.03. The number of amides is 1. The fourth-order valence-electron chi connectivity index (χ4n) is 3.38. The number of carbonyl (C=O) groups is 1. The maximum atomic E-state index is 12.2. The summed E-state index contributed by atoms with van der Waals surface area (Å²) in [6, 6.07) is 1.04. The fraction of sp³-hybridized carbons (Fsp3) is 0.933. The van der Waals surface area contributed by atoms with Gasteiger partial charge in [0.1, 0.15) is 0 Å². The first-order valence-electron chi connectivity index (χ1n) is 8.03. The van der Waals surface area contributed by atoms with Crippen LogP contribution in [0.5, 0.6) is 0 Å². The third-order valence-corrected chi connectivity index (χ3v) is 4.40. The van der Waals surface area contributed by atoms with Gasteiger partial charge in [0.2, 0.25) is 5.91 Å². The summed E-state index contributed by atoms with van der Waals surface area (Å²) in [5.74, 6) is 0.235. The smallest absolute Gasteiger partial charge is 0.234 e. The first kappa shape index (κ1) is 17.7. The zero-order valence-electron chi connectivity index (χ0n) is 12.7. The van der Waals surface area contributed by atoms with Crippen molar-refractivity contribution in [3.05, 3.63) is 0 Å². The van der Waals surface area contributed by atoms with E-state index in [0.29, 0.717) is 18.6 Å². The molecule has 0 aromatic carbocycles. The molecular weight excluding hydrogens is 274 g/mol. The van der Waals surface area contributed by atoms with Crippen LogP contribution in [0.15, 0.2) is 0 Å². The largest absolute Gasteiger partial charge is 0.352 e. The Kier molecular flexibility index (Phi) is 8.50. The third kappa shape index (κ3) is 5.58. The maximum absolute atomic E-state index is 12.2. The molecule has 1 amide bonds. The summed E-state index contributed by atoms with van der Waals surface area (Å²) in [5, 5.41) is 6.61. The van der Waals surface area contributed by atoms with Gasteiger partial charge < -0.3 is 10.6 Å². The van der Waals surface area contributed by atoms with Gasteiger partial charge in [-0.2, -0.15) is 0 Å². The Morgan fingerprint density at radius 3 is 2.45 bits per heavy atom. The zero-order chi connectivity index (χ0) is 13.5. The SMILES string of the molecule is CCCN(CC(=O)NC1CCCC1)C1CCNCC1.Cl. The predicted molar refractivity (Wildman–Crippen MR) is 85.4 cm³/mol. The molecule has 20 heavy (non-hydrogen) atoms. The molecule has 0 atom stereocenters. The highest BCUT2D eigenvalue weighted by Crippen LogP contribution is 2.18. The minimum atomic E-state index is 0. The summed E-state index contributed by atoms with van der Waals surface area (Å²) >= 11 is 0. The minimum Gasteiger partial charge on any atom is -0.352 e. The quantitative estimate of drug-likeness (QED) is 0.788. The number of hydrogen-bond donors (Lipinski definition) is 2. The summed E-state index contributed by atoms with van der Waals surface area (Å²) in [7, 11) is 0. The minimum absolute atomic E-state index is 0. The molecular formula is C15H30ClN3O. The lowest BCUT2D eigenvalue weighted by Gasteiger charge is -2.34. The Bertz CT molecular complexity index is 276. The number of nitrogens with one attached hydrogen (secondary N) is 2. The molecule has 1 aliphatic carbocycles. The van der Waals surface area contributed by atoms with E-state index in [-0.39, 0.29) is 18.3 Å². The molecule has 2 rings (SSSR count). The van der Waals surface area contributed by atoms with Crippen molar-refractivity contribution >= 4 is 18.3 Å². The van der Waals surface area contributed by atoms with Gasteiger partial charge >= 0.3 is 0 Å². The molecule has 5 heteroatoms. The molecule has 1 saturated heterocycles. The zero-order valence-corrected chi connectivity index (χ0v) is 13.5. The first-order chi connectivity index (χ1) is 9.29. The lowest BCUT2D eigenvalue weighted by molar-refractivity contribution is -0.123. The number of piperidine rings is 1. The molecule has 118 valence electrons. The van der Waals surface area contributed by atoms with Crippen molar-refractivity contribution in [2.75, 3.05) is 26.2 Å². The number of carbonyl (C=O) groups excluding carboxylic acids is 1. The van der Waals surface area contributed by atoms with Crippen LogP contribution in [0.3, 0.4) is 0 Å². The van der Waals surface area contributed by atoms with E-state index in [1.165, 1.54) is 38.5 Å². The molecule has 4 nitrogen and oxygen atoms in total. The van der Waals surface area contributed by atoms with Crippen LogP contribution in [-0.4, -0.2) is 49.1 Å². The Morgan fingerprint density at radius 2 is 1.85 bits per heavy atom. The van der Waals surface area contributed by atoms with Crippen LogP contribution < -0.4 is 10.6 Å². The number of rotatable bonds is 6. The van der Waals surface area contributed by atoms with Gasteiger partial charge in [0.05, 0.1) is 6.54 Å². The lowest BCUT2D eigenvalue weighted by Crippen LogP contribution is -2.48. The van der Waals surface area contributed by atoms with Crippen LogP contribution in [0.2, 0.25) is 0 Å². The number of halogens is 1. The second kappa shape index (κ2) is 9.59. The van der Waals surface area contributed by atoms with E-state index in [1.54, 1.807) is 0 Å². The second-order valence-electron chi connectivity index (χ2n) is 6.00. The van der Waals surface area contributed by atoms with Crippen molar-refractivity contribution < 1.29 is 4.79 Å². The summed E-state index contributed by atoms with van der Waals surface area (Å²) in [5.41, 5.74) is 0. The summed E-state index contributed by atoms with van der Waals surface area (Å²) < 4.78 is 0. The molecule has 2 fully saturated rings. The average Bonchev–Trinajstić information content (AvgIpc) is 2.92. The molecule has 1 saturated carbocycles. The summed E-state index contributed by atoms with van der Waals surface area (Å²) in [6.07, 6.45) is 8.38. The van der Waals surface area contributed by atoms with Gasteiger partial charge in [0, 0.05) is 12.1 Å². The van der Waals surface area contributed by atoms with Crippen molar-refractivity contribution in [3.63, 3.8) is 0 Å². The molecule has 1 aliphatic heterocycles. The Balaban J connectivity index is 0.00000200. The van der Waals surface area contributed by atoms with Crippen molar-refractivity contribution in [1.82, 2.24) is 15.5 Å². The molecule has 2 aliphatic rings. The molecule has 1 heterocycles. The second-order valence-corrected chi connectivity index (χ2v) is 6.00. The van der Waals surface area contributed by atoms with Crippen LogP contribution in [0.25, 0.3) is 0 Å². The topological polar surface area (TPSA) is 44.4 Å². The van der Waals surface area contributed by atoms with Gasteiger partial charge in [-0.3, -0.25) is 9.69 Å². The normalized spacial score (nSPS) is 20.9. The third-order valence-electron chi connectivity index (χ3n) is 4.40. The molecule has 0 bridgehead atoms. The maximum Gasteiger partial charge on any atom is 0.234 e. The van der Waals surface area contributed by atoms with E-state index >= 15 is 0 Å².